The molecule has 6 nitrogen and oxygen atoms in total. The number of amides is 2. The van der Waals surface area contributed by atoms with Gasteiger partial charge >= 0.3 is 6.03 Å². The van der Waals surface area contributed by atoms with Crippen LogP contribution in [0.25, 0.3) is 0 Å². The Labute approximate surface area is 136 Å². The standard InChI is InChI=1S/C14H19F2N3O3S/c15-14(16)3-4-19(8-14)6-10-12(20)9(7-22-10)17-13(21)18-11-2-1-5-23-11/h1-2,5,9-10,12,20H,3-4,6-8H2,(H2,17,18,21)/t9-,10-,12+/m0/s1. The molecule has 0 saturated carbocycles. The Kier molecular flexibility index (Phi) is 4.81. The SMILES string of the molecule is O=C(Nc1cccs1)N[C@H]1CO[C@@H](CN2CCC(F)(F)C2)[C@@H]1O. The summed E-state index contributed by atoms with van der Waals surface area (Å²) in [6.07, 6.45) is -1.66. The van der Waals surface area contributed by atoms with E-state index in [0.717, 1.165) is 0 Å². The lowest BCUT2D eigenvalue weighted by molar-refractivity contribution is -0.00727. The predicted octanol–water partition coefficient (Wildman–Crippen LogP) is 1.34. The number of likely N-dealkylation sites (tertiary alicyclic amines) is 1. The van der Waals surface area contributed by atoms with Gasteiger partial charge in [-0.2, -0.15) is 0 Å². The molecule has 3 heterocycles. The van der Waals surface area contributed by atoms with Crippen molar-refractivity contribution in [1.82, 2.24) is 10.2 Å². The van der Waals surface area contributed by atoms with E-state index in [2.05, 4.69) is 10.6 Å². The third-order valence-corrected chi connectivity index (χ3v) is 4.83. The van der Waals surface area contributed by atoms with Crippen molar-refractivity contribution in [3.63, 3.8) is 0 Å². The fraction of sp³-hybridized carbons (Fsp3) is 0.643. The first-order valence-electron chi connectivity index (χ1n) is 7.44. The largest absolute Gasteiger partial charge is 0.388 e. The lowest BCUT2D eigenvalue weighted by atomic mass is 10.1. The molecule has 2 saturated heterocycles. The molecule has 0 bridgehead atoms. The number of nitrogens with one attached hydrogen (secondary N) is 2. The Morgan fingerprint density at radius 3 is 3.04 bits per heavy atom. The summed E-state index contributed by atoms with van der Waals surface area (Å²) in [5.41, 5.74) is 0. The maximum atomic E-state index is 13.2. The van der Waals surface area contributed by atoms with Gasteiger partial charge in [-0.1, -0.05) is 0 Å². The Hall–Kier alpha value is -1.29. The maximum absolute atomic E-state index is 13.2. The number of aliphatic hydroxyl groups excluding tert-OH is 1. The summed E-state index contributed by atoms with van der Waals surface area (Å²) < 4.78 is 31.8. The summed E-state index contributed by atoms with van der Waals surface area (Å²) >= 11 is 1.39. The topological polar surface area (TPSA) is 73.8 Å². The van der Waals surface area contributed by atoms with Gasteiger partial charge in [-0.3, -0.25) is 10.2 Å². The van der Waals surface area contributed by atoms with Gasteiger partial charge in [-0.25, -0.2) is 13.6 Å². The molecule has 1 aromatic heterocycles. The lowest BCUT2D eigenvalue weighted by Gasteiger charge is -2.23. The number of carbonyl (C=O) groups excluding carboxylic acids is 1. The smallest absolute Gasteiger partial charge is 0.320 e. The van der Waals surface area contributed by atoms with Crippen molar-refractivity contribution in [2.24, 2.45) is 0 Å². The molecule has 23 heavy (non-hydrogen) atoms. The number of ether oxygens (including phenoxy) is 1. The molecule has 3 atom stereocenters. The summed E-state index contributed by atoms with van der Waals surface area (Å²) in [7, 11) is 0. The number of halogens is 2. The number of hydrogen-bond acceptors (Lipinski definition) is 5. The van der Waals surface area contributed by atoms with Crippen LogP contribution in [0.5, 0.6) is 0 Å². The molecule has 9 heteroatoms. The number of nitrogens with zero attached hydrogens (tertiary/aromatic N) is 1. The summed E-state index contributed by atoms with van der Waals surface area (Å²) in [5.74, 6) is -2.66. The van der Waals surface area contributed by atoms with E-state index in [-0.39, 0.29) is 32.7 Å². The number of rotatable bonds is 4. The van der Waals surface area contributed by atoms with Crippen LogP contribution in [0.3, 0.4) is 0 Å². The minimum Gasteiger partial charge on any atom is -0.388 e. The highest BCUT2D eigenvalue weighted by atomic mass is 32.1. The Balaban J connectivity index is 1.47. The summed E-state index contributed by atoms with van der Waals surface area (Å²) in [4.78, 5) is 13.4. The molecular formula is C14H19F2N3O3S. The molecule has 0 unspecified atom stereocenters. The van der Waals surface area contributed by atoms with E-state index >= 15 is 0 Å². The average Bonchev–Trinajstić information content (AvgIpc) is 3.17. The van der Waals surface area contributed by atoms with Crippen LogP contribution in [0.1, 0.15) is 6.42 Å². The predicted molar refractivity (Wildman–Crippen MR) is 82.0 cm³/mol. The van der Waals surface area contributed by atoms with Crippen LogP contribution in [0.2, 0.25) is 0 Å². The van der Waals surface area contributed by atoms with Gasteiger partial charge < -0.3 is 15.2 Å². The molecule has 3 N–H and O–H groups in total. The van der Waals surface area contributed by atoms with E-state index in [0.29, 0.717) is 5.00 Å². The minimum absolute atomic E-state index is 0.161. The summed E-state index contributed by atoms with van der Waals surface area (Å²) in [6.45, 7) is 0.377. The fourth-order valence-corrected chi connectivity index (χ4v) is 3.47. The molecule has 0 aromatic carbocycles. The van der Waals surface area contributed by atoms with E-state index in [1.807, 2.05) is 11.4 Å². The van der Waals surface area contributed by atoms with Gasteiger partial charge in [0.25, 0.3) is 5.92 Å². The van der Waals surface area contributed by atoms with Gasteiger partial charge in [0.05, 0.1) is 30.3 Å². The van der Waals surface area contributed by atoms with Crippen LogP contribution in [0.15, 0.2) is 17.5 Å². The number of thiophene rings is 1. The average molecular weight is 347 g/mol. The van der Waals surface area contributed by atoms with E-state index in [1.54, 1.807) is 11.0 Å². The van der Waals surface area contributed by atoms with Crippen LogP contribution in [0, 0.1) is 0 Å². The molecule has 128 valence electrons. The van der Waals surface area contributed by atoms with Crippen molar-refractivity contribution in [3.05, 3.63) is 17.5 Å². The number of alkyl halides is 2. The molecule has 3 rings (SSSR count). The first-order valence-corrected chi connectivity index (χ1v) is 8.32. The number of urea groups is 1. The first kappa shape index (κ1) is 16.6. The second-order valence-electron chi connectivity index (χ2n) is 5.89. The number of anilines is 1. The zero-order valence-electron chi connectivity index (χ0n) is 12.4. The van der Waals surface area contributed by atoms with Gasteiger partial charge in [0.2, 0.25) is 0 Å². The molecule has 2 aliphatic rings. The van der Waals surface area contributed by atoms with Crippen LogP contribution >= 0.6 is 11.3 Å². The van der Waals surface area contributed by atoms with Crippen molar-refractivity contribution in [2.45, 2.75) is 30.6 Å². The molecule has 2 aliphatic heterocycles. The van der Waals surface area contributed by atoms with E-state index < -0.39 is 30.2 Å². The van der Waals surface area contributed by atoms with E-state index in [1.165, 1.54) is 11.3 Å². The van der Waals surface area contributed by atoms with Crippen LogP contribution < -0.4 is 10.6 Å². The van der Waals surface area contributed by atoms with Crippen molar-refractivity contribution < 1.29 is 23.4 Å². The summed E-state index contributed by atoms with van der Waals surface area (Å²) in [5, 5.41) is 18.1. The Morgan fingerprint density at radius 2 is 2.39 bits per heavy atom. The lowest BCUT2D eigenvalue weighted by Crippen LogP contribution is -2.48. The van der Waals surface area contributed by atoms with Crippen LogP contribution in [-0.4, -0.2) is 66.5 Å². The third kappa shape index (κ3) is 4.17. The Bertz CT molecular complexity index is 543. The van der Waals surface area contributed by atoms with Gasteiger partial charge in [0.15, 0.2) is 0 Å². The highest BCUT2D eigenvalue weighted by Crippen LogP contribution is 2.28. The number of carbonyl (C=O) groups is 1. The highest BCUT2D eigenvalue weighted by Gasteiger charge is 2.42. The van der Waals surface area contributed by atoms with Crippen LogP contribution in [-0.2, 0) is 4.74 Å². The molecular weight excluding hydrogens is 328 g/mol. The number of hydrogen-bond donors (Lipinski definition) is 3. The van der Waals surface area contributed by atoms with Gasteiger partial charge in [-0.05, 0) is 17.5 Å². The monoisotopic (exact) mass is 347 g/mol. The maximum Gasteiger partial charge on any atom is 0.320 e. The first-order chi connectivity index (χ1) is 10.9. The number of aliphatic hydroxyl groups is 1. The van der Waals surface area contributed by atoms with Gasteiger partial charge in [0, 0.05) is 19.5 Å². The van der Waals surface area contributed by atoms with Gasteiger partial charge in [-0.15, -0.1) is 11.3 Å². The van der Waals surface area contributed by atoms with Crippen LogP contribution in [0.4, 0.5) is 18.6 Å². The molecule has 2 fully saturated rings. The highest BCUT2D eigenvalue weighted by molar-refractivity contribution is 7.14. The molecule has 2 amide bonds. The second kappa shape index (κ2) is 6.68. The van der Waals surface area contributed by atoms with E-state index in [4.69, 9.17) is 4.74 Å². The molecule has 0 spiro atoms. The van der Waals surface area contributed by atoms with Crippen molar-refractivity contribution in [2.75, 3.05) is 31.6 Å². The zero-order valence-corrected chi connectivity index (χ0v) is 13.2. The third-order valence-electron chi connectivity index (χ3n) is 4.04. The zero-order chi connectivity index (χ0) is 16.4. The fourth-order valence-electron chi connectivity index (χ4n) is 2.85. The minimum atomic E-state index is -2.66. The van der Waals surface area contributed by atoms with Crippen molar-refractivity contribution in [1.29, 1.82) is 0 Å². The molecule has 1 aromatic rings. The second-order valence-corrected chi connectivity index (χ2v) is 6.83. The summed E-state index contributed by atoms with van der Waals surface area (Å²) in [6, 6.07) is 2.61. The molecule has 0 radical (unpaired) electrons. The van der Waals surface area contributed by atoms with Gasteiger partial charge in [0.1, 0.15) is 6.10 Å². The molecule has 0 aliphatic carbocycles. The van der Waals surface area contributed by atoms with Crippen molar-refractivity contribution in [3.8, 4) is 0 Å². The quantitative estimate of drug-likeness (QED) is 0.768. The Morgan fingerprint density at radius 1 is 1.57 bits per heavy atom. The normalized spacial score (nSPS) is 30.5. The van der Waals surface area contributed by atoms with Crippen molar-refractivity contribution >= 4 is 22.4 Å². The van der Waals surface area contributed by atoms with E-state index in [9.17, 15) is 18.7 Å².